The summed E-state index contributed by atoms with van der Waals surface area (Å²) in [5.74, 6) is 0. The molecule has 0 unspecified atom stereocenters. The summed E-state index contributed by atoms with van der Waals surface area (Å²) in [6, 6.07) is 10.7. The molecule has 0 saturated heterocycles. The molecule has 2 heteroatoms. The van der Waals surface area contributed by atoms with Crippen LogP contribution in [0.1, 0.15) is 96.0 Å². The second kappa shape index (κ2) is 18.5. The van der Waals surface area contributed by atoms with Crippen LogP contribution in [0.2, 0.25) is 0 Å². The summed E-state index contributed by atoms with van der Waals surface area (Å²) in [4.78, 5) is 2.39. The lowest BCUT2D eigenvalue weighted by molar-refractivity contribution is 0.324. The molecule has 0 aromatic heterocycles. The van der Waals surface area contributed by atoms with E-state index in [1.165, 1.54) is 95.6 Å². The molecule has 0 bridgehead atoms. The first-order chi connectivity index (χ1) is 13.3. The Kier molecular flexibility index (Phi) is 16.6. The third-order valence-corrected chi connectivity index (χ3v) is 5.42. The molecule has 0 fully saturated rings. The number of rotatable bonds is 19. The Labute approximate surface area is 170 Å². The number of unbranched alkanes of at least 4 members (excludes halogenated alkanes) is 12. The summed E-state index contributed by atoms with van der Waals surface area (Å²) in [6.45, 7) is 6.73. The lowest BCUT2D eigenvalue weighted by atomic mass is 10.0. The van der Waals surface area contributed by atoms with Crippen LogP contribution >= 0.6 is 0 Å². The summed E-state index contributed by atoms with van der Waals surface area (Å²) >= 11 is 0. The quantitative estimate of drug-likeness (QED) is 0.268. The van der Waals surface area contributed by atoms with Gasteiger partial charge in [0.1, 0.15) is 0 Å². The maximum Gasteiger partial charge on any atom is 0.0231 e. The molecule has 1 aromatic rings. The van der Waals surface area contributed by atoms with Crippen molar-refractivity contribution < 1.29 is 0 Å². The van der Waals surface area contributed by atoms with E-state index in [1.807, 2.05) is 0 Å². The van der Waals surface area contributed by atoms with Gasteiger partial charge in [-0.25, -0.2) is 0 Å². The minimum atomic E-state index is 1.04. The van der Waals surface area contributed by atoms with Gasteiger partial charge in [-0.15, -0.1) is 0 Å². The molecule has 1 aromatic carbocycles. The normalized spacial score (nSPS) is 11.4. The van der Waals surface area contributed by atoms with Crippen LogP contribution in [0, 0.1) is 0 Å². The van der Waals surface area contributed by atoms with E-state index in [0.29, 0.717) is 0 Å². The average Bonchev–Trinajstić information content (AvgIpc) is 2.68. The highest BCUT2D eigenvalue weighted by atomic mass is 15.1. The monoisotopic (exact) mass is 374 g/mol. The standard InChI is InChI=1S/C25H46N2/c1-3-4-5-6-7-8-9-10-11-12-13-14-18-21-26-22-23-27(2)24-25-19-16-15-17-20-25/h15-17,19-20,26H,3-14,18,21-24H2,1-2H3. The second-order valence-electron chi connectivity index (χ2n) is 8.22. The van der Waals surface area contributed by atoms with Crippen LogP contribution in [0.5, 0.6) is 0 Å². The highest BCUT2D eigenvalue weighted by molar-refractivity contribution is 5.14. The van der Waals surface area contributed by atoms with Gasteiger partial charge < -0.3 is 10.2 Å². The van der Waals surface area contributed by atoms with Gasteiger partial charge in [0.2, 0.25) is 0 Å². The fraction of sp³-hybridized carbons (Fsp3) is 0.760. The smallest absolute Gasteiger partial charge is 0.0231 e. The van der Waals surface area contributed by atoms with E-state index in [-0.39, 0.29) is 0 Å². The Hall–Kier alpha value is -0.860. The highest BCUT2D eigenvalue weighted by Gasteiger charge is 1.99. The number of nitrogens with zero attached hydrogens (tertiary/aromatic N) is 1. The molecule has 156 valence electrons. The number of benzene rings is 1. The number of likely N-dealkylation sites (N-methyl/N-ethyl adjacent to an activating group) is 1. The zero-order valence-electron chi connectivity index (χ0n) is 18.4. The lowest BCUT2D eigenvalue weighted by Gasteiger charge is -2.17. The van der Waals surface area contributed by atoms with Crippen molar-refractivity contribution in [3.05, 3.63) is 35.9 Å². The van der Waals surface area contributed by atoms with Crippen LogP contribution < -0.4 is 5.32 Å². The van der Waals surface area contributed by atoms with Crippen molar-refractivity contribution in [3.8, 4) is 0 Å². The van der Waals surface area contributed by atoms with Gasteiger partial charge >= 0.3 is 0 Å². The summed E-state index contributed by atoms with van der Waals surface area (Å²) < 4.78 is 0. The van der Waals surface area contributed by atoms with Gasteiger partial charge in [0.15, 0.2) is 0 Å². The van der Waals surface area contributed by atoms with Crippen molar-refractivity contribution in [2.45, 2.75) is 96.9 Å². The van der Waals surface area contributed by atoms with Crippen molar-refractivity contribution in [2.24, 2.45) is 0 Å². The van der Waals surface area contributed by atoms with Crippen LogP contribution in [0.3, 0.4) is 0 Å². The molecule has 1 N–H and O–H groups in total. The Morgan fingerprint density at radius 1 is 0.667 bits per heavy atom. The molecule has 0 radical (unpaired) electrons. The fourth-order valence-electron chi connectivity index (χ4n) is 3.64. The van der Waals surface area contributed by atoms with Gasteiger partial charge in [0, 0.05) is 19.6 Å². The van der Waals surface area contributed by atoms with Crippen LogP contribution in [0.4, 0.5) is 0 Å². The molecular weight excluding hydrogens is 328 g/mol. The largest absolute Gasteiger partial charge is 0.315 e. The number of nitrogens with one attached hydrogen (secondary N) is 1. The van der Waals surface area contributed by atoms with Gasteiger partial charge in [-0.05, 0) is 25.6 Å². The Balaban J connectivity index is 1.75. The summed E-state index contributed by atoms with van der Waals surface area (Å²) in [5, 5.41) is 3.60. The number of hydrogen-bond acceptors (Lipinski definition) is 2. The highest BCUT2D eigenvalue weighted by Crippen LogP contribution is 2.12. The zero-order valence-corrected chi connectivity index (χ0v) is 18.4. The van der Waals surface area contributed by atoms with Gasteiger partial charge in [0.05, 0.1) is 0 Å². The molecule has 1 rings (SSSR count). The first-order valence-corrected chi connectivity index (χ1v) is 11.8. The van der Waals surface area contributed by atoms with Crippen LogP contribution in [0.25, 0.3) is 0 Å². The first kappa shape index (κ1) is 24.2. The molecule has 27 heavy (non-hydrogen) atoms. The van der Waals surface area contributed by atoms with E-state index in [2.05, 4.69) is 54.5 Å². The van der Waals surface area contributed by atoms with E-state index in [4.69, 9.17) is 0 Å². The Morgan fingerprint density at radius 2 is 1.19 bits per heavy atom. The fourth-order valence-corrected chi connectivity index (χ4v) is 3.64. The third-order valence-electron chi connectivity index (χ3n) is 5.42. The van der Waals surface area contributed by atoms with Crippen LogP contribution in [-0.2, 0) is 6.54 Å². The van der Waals surface area contributed by atoms with Crippen molar-refractivity contribution in [3.63, 3.8) is 0 Å². The van der Waals surface area contributed by atoms with Gasteiger partial charge in [0.25, 0.3) is 0 Å². The molecule has 0 saturated carbocycles. The molecule has 0 atom stereocenters. The van der Waals surface area contributed by atoms with Crippen molar-refractivity contribution in [1.82, 2.24) is 10.2 Å². The topological polar surface area (TPSA) is 15.3 Å². The van der Waals surface area contributed by atoms with Gasteiger partial charge in [-0.3, -0.25) is 0 Å². The van der Waals surface area contributed by atoms with Gasteiger partial charge in [-0.2, -0.15) is 0 Å². The Morgan fingerprint density at radius 3 is 1.74 bits per heavy atom. The maximum atomic E-state index is 3.60. The second-order valence-corrected chi connectivity index (χ2v) is 8.22. The summed E-state index contributed by atoms with van der Waals surface area (Å²) in [5.41, 5.74) is 1.40. The molecular formula is C25H46N2. The molecule has 2 nitrogen and oxygen atoms in total. The third kappa shape index (κ3) is 15.9. The molecule has 0 aliphatic carbocycles. The molecule has 0 aliphatic heterocycles. The zero-order chi connectivity index (χ0) is 19.4. The first-order valence-electron chi connectivity index (χ1n) is 11.8. The van der Waals surface area contributed by atoms with E-state index >= 15 is 0 Å². The Bertz CT molecular complexity index is 404. The minimum Gasteiger partial charge on any atom is -0.315 e. The van der Waals surface area contributed by atoms with E-state index in [0.717, 1.165) is 19.6 Å². The molecule has 0 amide bonds. The lowest BCUT2D eigenvalue weighted by Crippen LogP contribution is -2.29. The van der Waals surface area contributed by atoms with E-state index in [1.54, 1.807) is 0 Å². The van der Waals surface area contributed by atoms with Crippen molar-refractivity contribution >= 4 is 0 Å². The number of hydrogen-bond donors (Lipinski definition) is 1. The molecule has 0 heterocycles. The maximum absolute atomic E-state index is 3.60. The van der Waals surface area contributed by atoms with Gasteiger partial charge in [-0.1, -0.05) is 114 Å². The van der Waals surface area contributed by atoms with Crippen molar-refractivity contribution in [1.29, 1.82) is 0 Å². The predicted octanol–water partition coefficient (Wildman–Crippen LogP) is 6.80. The van der Waals surface area contributed by atoms with E-state index in [9.17, 15) is 0 Å². The van der Waals surface area contributed by atoms with Crippen molar-refractivity contribution in [2.75, 3.05) is 26.7 Å². The minimum absolute atomic E-state index is 1.04. The molecule has 0 spiro atoms. The van der Waals surface area contributed by atoms with Crippen LogP contribution in [0.15, 0.2) is 30.3 Å². The summed E-state index contributed by atoms with van der Waals surface area (Å²) in [7, 11) is 2.21. The van der Waals surface area contributed by atoms with Crippen LogP contribution in [-0.4, -0.2) is 31.6 Å². The average molecular weight is 375 g/mol. The molecule has 0 aliphatic rings. The SMILES string of the molecule is CCCCCCCCCCCCCCCNCCN(C)Cc1ccccc1. The summed E-state index contributed by atoms with van der Waals surface area (Å²) in [6.07, 6.45) is 18.6. The van der Waals surface area contributed by atoms with E-state index < -0.39 is 0 Å². The predicted molar refractivity (Wildman–Crippen MR) is 121 cm³/mol.